The number of anilines is 1. The van der Waals surface area contributed by atoms with E-state index >= 15 is 0 Å². The van der Waals surface area contributed by atoms with Gasteiger partial charge in [-0.3, -0.25) is 13.9 Å². The average Bonchev–Trinajstić information content (AvgIpc) is 3.03. The van der Waals surface area contributed by atoms with E-state index < -0.39 is 56.9 Å². The molecule has 13 heteroatoms. The van der Waals surface area contributed by atoms with E-state index in [1.165, 1.54) is 36.3 Å². The fourth-order valence-electron chi connectivity index (χ4n) is 5.21. The van der Waals surface area contributed by atoms with Crippen LogP contribution in [0.3, 0.4) is 0 Å². The maximum Gasteiger partial charge on any atom is 0.417 e. The SMILES string of the molecule is COc1ccc(CN(C(=O)CN(c2ccc(Cl)c(C(F)(F)F)c2)S(=O)(=O)c2ccccc2)C(C)C(=O)NC2CCCCC2)cc1. The standard InChI is InChI=1S/C32H35ClF3N3O5S/c1-22(31(41)37-24-9-5-3-6-10-24)38(20-23-13-16-26(44-2)17-14-23)30(40)21-39(45(42,43)27-11-7-4-8-12-27)25-15-18-29(33)28(19-25)32(34,35)36/h4,7-8,11-19,22,24H,3,5-6,9-10,20-21H2,1-2H3,(H,37,41). The Kier molecular flexibility index (Phi) is 11.0. The first-order valence-corrected chi connectivity index (χ1v) is 16.3. The lowest BCUT2D eigenvalue weighted by Crippen LogP contribution is -2.53. The lowest BCUT2D eigenvalue weighted by Gasteiger charge is -2.33. The number of benzene rings is 3. The van der Waals surface area contributed by atoms with E-state index in [-0.39, 0.29) is 17.5 Å². The normalized spacial score (nSPS) is 14.8. The Labute approximate surface area is 266 Å². The molecule has 1 aliphatic carbocycles. The summed E-state index contributed by atoms with van der Waals surface area (Å²) in [6.07, 6.45) is -0.234. The molecule has 0 spiro atoms. The van der Waals surface area contributed by atoms with E-state index in [0.29, 0.717) is 21.7 Å². The van der Waals surface area contributed by atoms with E-state index in [1.807, 2.05) is 0 Å². The Balaban J connectivity index is 1.73. The van der Waals surface area contributed by atoms with Crippen molar-refractivity contribution in [2.75, 3.05) is 18.0 Å². The Morgan fingerprint density at radius 2 is 1.64 bits per heavy atom. The second-order valence-electron chi connectivity index (χ2n) is 10.9. The zero-order valence-corrected chi connectivity index (χ0v) is 26.5. The Morgan fingerprint density at radius 3 is 2.24 bits per heavy atom. The van der Waals surface area contributed by atoms with Crippen LogP contribution in [0.5, 0.6) is 5.75 Å². The number of hydrogen-bond donors (Lipinski definition) is 1. The summed E-state index contributed by atoms with van der Waals surface area (Å²) in [5.74, 6) is -0.629. The molecule has 242 valence electrons. The van der Waals surface area contributed by atoms with Gasteiger partial charge < -0.3 is 15.0 Å². The zero-order valence-electron chi connectivity index (χ0n) is 24.9. The monoisotopic (exact) mass is 665 g/mol. The maximum absolute atomic E-state index is 14.1. The molecule has 8 nitrogen and oxygen atoms in total. The molecular weight excluding hydrogens is 631 g/mol. The summed E-state index contributed by atoms with van der Waals surface area (Å²) in [5.41, 5.74) is -1.03. The second kappa shape index (κ2) is 14.6. The molecule has 1 N–H and O–H groups in total. The van der Waals surface area contributed by atoms with E-state index in [1.54, 1.807) is 37.3 Å². The van der Waals surface area contributed by atoms with Crippen molar-refractivity contribution in [3.05, 3.63) is 88.9 Å². The molecule has 3 aromatic carbocycles. The molecule has 0 saturated heterocycles. The van der Waals surface area contributed by atoms with Crippen molar-refractivity contribution in [3.63, 3.8) is 0 Å². The molecule has 1 aliphatic rings. The van der Waals surface area contributed by atoms with E-state index in [9.17, 15) is 31.2 Å². The molecule has 0 aromatic heterocycles. The summed E-state index contributed by atoms with van der Waals surface area (Å²) >= 11 is 5.82. The quantitative estimate of drug-likeness (QED) is 0.255. The summed E-state index contributed by atoms with van der Waals surface area (Å²) in [7, 11) is -3.04. The first kappa shape index (κ1) is 34.1. The van der Waals surface area contributed by atoms with Crippen LogP contribution in [0.15, 0.2) is 77.7 Å². The number of sulfonamides is 1. The van der Waals surface area contributed by atoms with Crippen LogP contribution in [-0.2, 0) is 32.3 Å². The fourth-order valence-corrected chi connectivity index (χ4v) is 6.86. The highest BCUT2D eigenvalue weighted by molar-refractivity contribution is 7.92. The van der Waals surface area contributed by atoms with Gasteiger partial charge in [0, 0.05) is 12.6 Å². The number of nitrogens with one attached hydrogen (secondary N) is 1. The van der Waals surface area contributed by atoms with Gasteiger partial charge in [0.25, 0.3) is 10.0 Å². The van der Waals surface area contributed by atoms with Crippen molar-refractivity contribution in [2.24, 2.45) is 0 Å². The van der Waals surface area contributed by atoms with Gasteiger partial charge >= 0.3 is 6.18 Å². The van der Waals surface area contributed by atoms with Crippen molar-refractivity contribution in [1.29, 1.82) is 0 Å². The molecule has 4 rings (SSSR count). The van der Waals surface area contributed by atoms with Crippen molar-refractivity contribution in [2.45, 2.75) is 68.7 Å². The summed E-state index contributed by atoms with van der Waals surface area (Å²) in [4.78, 5) is 28.5. The van der Waals surface area contributed by atoms with Crippen LogP contribution in [-0.4, -0.2) is 50.9 Å². The van der Waals surface area contributed by atoms with Gasteiger partial charge in [-0.15, -0.1) is 0 Å². The molecule has 0 radical (unpaired) electrons. The predicted molar refractivity (Wildman–Crippen MR) is 165 cm³/mol. The molecular formula is C32H35ClF3N3O5S. The summed E-state index contributed by atoms with van der Waals surface area (Å²) in [5, 5.41) is 2.38. The highest BCUT2D eigenvalue weighted by atomic mass is 35.5. The molecule has 1 fully saturated rings. The van der Waals surface area contributed by atoms with Crippen molar-refractivity contribution >= 4 is 39.1 Å². The second-order valence-corrected chi connectivity index (χ2v) is 13.1. The number of carbonyl (C=O) groups excluding carboxylic acids is 2. The minimum atomic E-state index is -4.88. The average molecular weight is 666 g/mol. The van der Waals surface area contributed by atoms with Crippen molar-refractivity contribution < 1.29 is 35.9 Å². The minimum absolute atomic E-state index is 0.0450. The van der Waals surface area contributed by atoms with Crippen LogP contribution in [0.4, 0.5) is 18.9 Å². The molecule has 1 atom stereocenters. The van der Waals surface area contributed by atoms with Gasteiger partial charge in [0.15, 0.2) is 0 Å². The molecule has 3 aromatic rings. The van der Waals surface area contributed by atoms with Gasteiger partial charge in [0.1, 0.15) is 18.3 Å². The highest BCUT2D eigenvalue weighted by Crippen LogP contribution is 2.38. The Hall–Kier alpha value is -3.77. The number of rotatable bonds is 11. The van der Waals surface area contributed by atoms with Gasteiger partial charge in [0.2, 0.25) is 11.8 Å². The van der Waals surface area contributed by atoms with Crippen LogP contribution >= 0.6 is 11.6 Å². The largest absolute Gasteiger partial charge is 0.497 e. The van der Waals surface area contributed by atoms with Crippen LogP contribution in [0.25, 0.3) is 0 Å². The number of ether oxygens (including phenoxy) is 1. The Morgan fingerprint density at radius 1 is 1.00 bits per heavy atom. The number of alkyl halides is 3. The van der Waals surface area contributed by atoms with Gasteiger partial charge in [-0.25, -0.2) is 8.42 Å². The zero-order chi connectivity index (χ0) is 32.8. The highest BCUT2D eigenvalue weighted by Gasteiger charge is 2.37. The summed E-state index contributed by atoms with van der Waals surface area (Å²) < 4.78 is 75.0. The number of methoxy groups -OCH3 is 1. The summed E-state index contributed by atoms with van der Waals surface area (Å²) in [6, 6.07) is 15.4. The number of halogens is 4. The summed E-state index contributed by atoms with van der Waals surface area (Å²) in [6.45, 7) is 0.586. The van der Waals surface area contributed by atoms with Crippen molar-refractivity contribution in [3.8, 4) is 5.75 Å². The lowest BCUT2D eigenvalue weighted by atomic mass is 9.95. The third-order valence-corrected chi connectivity index (χ3v) is 9.90. The van der Waals surface area contributed by atoms with Crippen LogP contribution in [0.2, 0.25) is 5.02 Å². The van der Waals surface area contributed by atoms with Crippen LogP contribution in [0.1, 0.15) is 50.2 Å². The fraction of sp³-hybridized carbons (Fsp3) is 0.375. The molecule has 0 bridgehead atoms. The van der Waals surface area contributed by atoms with Crippen LogP contribution in [0, 0.1) is 0 Å². The molecule has 1 saturated carbocycles. The van der Waals surface area contributed by atoms with Gasteiger partial charge in [-0.05, 0) is 67.8 Å². The minimum Gasteiger partial charge on any atom is -0.497 e. The number of hydrogen-bond acceptors (Lipinski definition) is 5. The maximum atomic E-state index is 14.1. The molecule has 45 heavy (non-hydrogen) atoms. The first-order valence-electron chi connectivity index (χ1n) is 14.5. The molecule has 2 amide bonds. The Bertz CT molecular complexity index is 1580. The molecule has 1 unspecified atom stereocenters. The third-order valence-electron chi connectivity index (χ3n) is 7.78. The van der Waals surface area contributed by atoms with E-state index in [4.69, 9.17) is 16.3 Å². The lowest BCUT2D eigenvalue weighted by molar-refractivity contribution is -0.139. The van der Waals surface area contributed by atoms with Crippen molar-refractivity contribution in [1.82, 2.24) is 10.2 Å². The number of amides is 2. The topological polar surface area (TPSA) is 96.0 Å². The predicted octanol–water partition coefficient (Wildman–Crippen LogP) is 6.43. The molecule has 0 heterocycles. The van der Waals surface area contributed by atoms with E-state index in [0.717, 1.165) is 44.2 Å². The first-order chi connectivity index (χ1) is 21.3. The number of nitrogens with zero attached hydrogens (tertiary/aromatic N) is 2. The third kappa shape index (κ3) is 8.49. The van der Waals surface area contributed by atoms with Gasteiger partial charge in [0.05, 0.1) is 28.3 Å². The van der Waals surface area contributed by atoms with E-state index in [2.05, 4.69) is 5.32 Å². The smallest absolute Gasteiger partial charge is 0.417 e. The van der Waals surface area contributed by atoms with Gasteiger partial charge in [-0.2, -0.15) is 13.2 Å². The number of carbonyl (C=O) groups is 2. The molecule has 0 aliphatic heterocycles. The van der Waals surface area contributed by atoms with Gasteiger partial charge in [-0.1, -0.05) is 61.2 Å². The van der Waals surface area contributed by atoms with Crippen LogP contribution < -0.4 is 14.4 Å².